The SMILES string of the molecule is CCCNC(=O)COCC(=O)Nc1ccc(F)cc1. The average Bonchev–Trinajstić information content (AvgIpc) is 2.39. The number of nitrogens with one attached hydrogen (secondary N) is 2. The maximum Gasteiger partial charge on any atom is 0.250 e. The second kappa shape index (κ2) is 8.20. The van der Waals surface area contributed by atoms with E-state index in [1.807, 2.05) is 6.92 Å². The Labute approximate surface area is 111 Å². The number of rotatable bonds is 7. The first-order valence-corrected chi connectivity index (χ1v) is 6.01. The molecule has 1 aromatic carbocycles. The molecule has 0 atom stereocenters. The van der Waals surface area contributed by atoms with Crippen LogP contribution in [0, 0.1) is 5.82 Å². The molecule has 0 unspecified atom stereocenters. The van der Waals surface area contributed by atoms with E-state index in [-0.39, 0.29) is 24.9 Å². The lowest BCUT2D eigenvalue weighted by molar-refractivity contribution is -0.128. The molecule has 0 aliphatic carbocycles. The van der Waals surface area contributed by atoms with Crippen molar-refractivity contribution in [1.82, 2.24) is 5.32 Å². The summed E-state index contributed by atoms with van der Waals surface area (Å²) in [4.78, 5) is 22.6. The number of halogens is 1. The second-order valence-electron chi connectivity index (χ2n) is 3.90. The number of amides is 2. The second-order valence-corrected chi connectivity index (χ2v) is 3.90. The summed E-state index contributed by atoms with van der Waals surface area (Å²) in [6, 6.07) is 5.38. The van der Waals surface area contributed by atoms with Gasteiger partial charge in [0.05, 0.1) is 0 Å². The van der Waals surface area contributed by atoms with E-state index in [2.05, 4.69) is 10.6 Å². The van der Waals surface area contributed by atoms with Gasteiger partial charge in [-0.05, 0) is 30.7 Å². The van der Waals surface area contributed by atoms with Crippen LogP contribution in [0.5, 0.6) is 0 Å². The summed E-state index contributed by atoms with van der Waals surface area (Å²) in [6.45, 7) is 2.15. The first kappa shape index (κ1) is 15.1. The van der Waals surface area contributed by atoms with Crippen molar-refractivity contribution in [1.29, 1.82) is 0 Å². The fourth-order valence-electron chi connectivity index (χ4n) is 1.28. The minimum Gasteiger partial charge on any atom is -0.362 e. The molecule has 2 amide bonds. The van der Waals surface area contributed by atoms with Crippen molar-refractivity contribution in [2.45, 2.75) is 13.3 Å². The van der Waals surface area contributed by atoms with Crippen LogP contribution >= 0.6 is 0 Å². The standard InChI is InChI=1S/C13H17FN2O3/c1-2-7-15-12(17)8-19-9-13(18)16-11-5-3-10(14)4-6-11/h3-6H,2,7-9H2,1H3,(H,15,17)(H,16,18). The fourth-order valence-corrected chi connectivity index (χ4v) is 1.28. The Morgan fingerprint density at radius 2 is 1.79 bits per heavy atom. The molecule has 104 valence electrons. The van der Waals surface area contributed by atoms with Gasteiger partial charge in [-0.3, -0.25) is 9.59 Å². The zero-order valence-electron chi connectivity index (χ0n) is 10.7. The Balaban J connectivity index is 2.21. The summed E-state index contributed by atoms with van der Waals surface area (Å²) in [6.07, 6.45) is 0.844. The predicted molar refractivity (Wildman–Crippen MR) is 69.1 cm³/mol. The Kier molecular flexibility index (Phi) is 6.52. The molecule has 1 rings (SSSR count). The number of anilines is 1. The van der Waals surface area contributed by atoms with Gasteiger partial charge in [-0.25, -0.2) is 4.39 Å². The van der Waals surface area contributed by atoms with Gasteiger partial charge in [-0.2, -0.15) is 0 Å². The topological polar surface area (TPSA) is 67.4 Å². The van der Waals surface area contributed by atoms with Crippen molar-refractivity contribution in [3.8, 4) is 0 Å². The van der Waals surface area contributed by atoms with Crippen LogP contribution in [-0.2, 0) is 14.3 Å². The van der Waals surface area contributed by atoms with Crippen molar-refractivity contribution >= 4 is 17.5 Å². The molecule has 0 radical (unpaired) electrons. The Morgan fingerprint density at radius 3 is 2.42 bits per heavy atom. The van der Waals surface area contributed by atoms with Gasteiger partial charge in [-0.15, -0.1) is 0 Å². The Bertz CT molecular complexity index is 420. The summed E-state index contributed by atoms with van der Waals surface area (Å²) in [5, 5.41) is 5.15. The van der Waals surface area contributed by atoms with Crippen LogP contribution in [-0.4, -0.2) is 31.6 Å². The first-order chi connectivity index (χ1) is 9.11. The van der Waals surface area contributed by atoms with Crippen molar-refractivity contribution in [2.24, 2.45) is 0 Å². The summed E-state index contributed by atoms with van der Waals surface area (Å²) in [5.41, 5.74) is 0.477. The number of hydrogen-bond acceptors (Lipinski definition) is 3. The lowest BCUT2D eigenvalue weighted by Crippen LogP contribution is -2.30. The number of benzene rings is 1. The van der Waals surface area contributed by atoms with Crippen LogP contribution in [0.15, 0.2) is 24.3 Å². The highest BCUT2D eigenvalue weighted by Crippen LogP contribution is 2.07. The lowest BCUT2D eigenvalue weighted by Gasteiger charge is -2.06. The van der Waals surface area contributed by atoms with Gasteiger partial charge in [0, 0.05) is 12.2 Å². The minimum atomic E-state index is -0.394. The van der Waals surface area contributed by atoms with Gasteiger partial charge in [0.1, 0.15) is 19.0 Å². The molecule has 1 aromatic rings. The molecule has 6 heteroatoms. The third-order valence-corrected chi connectivity index (χ3v) is 2.17. The van der Waals surface area contributed by atoms with E-state index in [0.717, 1.165) is 6.42 Å². The molecule has 5 nitrogen and oxygen atoms in total. The molecule has 0 aliphatic rings. The third-order valence-electron chi connectivity index (χ3n) is 2.17. The van der Waals surface area contributed by atoms with Gasteiger partial charge < -0.3 is 15.4 Å². The van der Waals surface area contributed by atoms with Crippen molar-refractivity contribution in [2.75, 3.05) is 25.1 Å². The molecule has 0 heterocycles. The van der Waals surface area contributed by atoms with E-state index in [4.69, 9.17) is 4.74 Å². The minimum absolute atomic E-state index is 0.156. The molecule has 0 aliphatic heterocycles. The summed E-state index contributed by atoms with van der Waals surface area (Å²) < 4.78 is 17.6. The average molecular weight is 268 g/mol. The van der Waals surface area contributed by atoms with Crippen molar-refractivity contribution < 1.29 is 18.7 Å². The van der Waals surface area contributed by atoms with E-state index >= 15 is 0 Å². The molecule has 0 spiro atoms. The summed E-state index contributed by atoms with van der Waals surface area (Å²) >= 11 is 0. The van der Waals surface area contributed by atoms with E-state index in [1.165, 1.54) is 24.3 Å². The van der Waals surface area contributed by atoms with E-state index in [1.54, 1.807) is 0 Å². The van der Waals surface area contributed by atoms with Gasteiger partial charge in [-0.1, -0.05) is 6.92 Å². The third kappa shape index (κ3) is 6.52. The highest BCUT2D eigenvalue weighted by molar-refractivity contribution is 5.91. The highest BCUT2D eigenvalue weighted by atomic mass is 19.1. The molecule has 2 N–H and O–H groups in total. The summed E-state index contributed by atoms with van der Waals surface area (Å²) in [5.74, 6) is -1.02. The molecule has 0 fully saturated rings. The molecule has 0 bridgehead atoms. The monoisotopic (exact) mass is 268 g/mol. The van der Waals surface area contributed by atoms with Crippen LogP contribution in [0.2, 0.25) is 0 Å². The zero-order chi connectivity index (χ0) is 14.1. The molecule has 19 heavy (non-hydrogen) atoms. The predicted octanol–water partition coefficient (Wildman–Crippen LogP) is 1.31. The van der Waals surface area contributed by atoms with Gasteiger partial charge >= 0.3 is 0 Å². The largest absolute Gasteiger partial charge is 0.362 e. The molecule has 0 saturated carbocycles. The van der Waals surface area contributed by atoms with Crippen LogP contribution < -0.4 is 10.6 Å². The lowest BCUT2D eigenvalue weighted by atomic mass is 10.3. The maximum atomic E-state index is 12.6. The van der Waals surface area contributed by atoms with E-state index in [9.17, 15) is 14.0 Å². The molecule has 0 aromatic heterocycles. The Hall–Kier alpha value is -1.95. The molecule has 0 saturated heterocycles. The Morgan fingerprint density at radius 1 is 1.16 bits per heavy atom. The zero-order valence-corrected chi connectivity index (χ0v) is 10.7. The number of carbonyl (C=O) groups excluding carboxylic acids is 2. The van der Waals surface area contributed by atoms with E-state index < -0.39 is 5.91 Å². The normalized spacial score (nSPS) is 10.0. The van der Waals surface area contributed by atoms with Crippen LogP contribution in [0.1, 0.15) is 13.3 Å². The number of ether oxygens (including phenoxy) is 1. The van der Waals surface area contributed by atoms with Crippen LogP contribution in [0.3, 0.4) is 0 Å². The smallest absolute Gasteiger partial charge is 0.250 e. The van der Waals surface area contributed by atoms with Gasteiger partial charge in [0.2, 0.25) is 11.8 Å². The van der Waals surface area contributed by atoms with Crippen molar-refractivity contribution in [3.63, 3.8) is 0 Å². The van der Waals surface area contributed by atoms with Gasteiger partial charge in [0.15, 0.2) is 0 Å². The van der Waals surface area contributed by atoms with Crippen LogP contribution in [0.25, 0.3) is 0 Å². The maximum absolute atomic E-state index is 12.6. The molecular weight excluding hydrogens is 251 g/mol. The highest BCUT2D eigenvalue weighted by Gasteiger charge is 2.05. The number of carbonyl (C=O) groups is 2. The fraction of sp³-hybridized carbons (Fsp3) is 0.385. The molecular formula is C13H17FN2O3. The number of hydrogen-bond donors (Lipinski definition) is 2. The summed E-state index contributed by atoms with van der Waals surface area (Å²) in [7, 11) is 0. The van der Waals surface area contributed by atoms with Crippen LogP contribution in [0.4, 0.5) is 10.1 Å². The van der Waals surface area contributed by atoms with Crippen molar-refractivity contribution in [3.05, 3.63) is 30.1 Å². The first-order valence-electron chi connectivity index (χ1n) is 6.01. The quantitative estimate of drug-likeness (QED) is 0.783. The van der Waals surface area contributed by atoms with Gasteiger partial charge in [0.25, 0.3) is 0 Å². The van der Waals surface area contributed by atoms with E-state index in [0.29, 0.717) is 12.2 Å².